The number of para-hydroxylation sites is 4. The largest absolute Gasteiger partial charge is 4.00 e. The number of ether oxygens (including phenoxy) is 1. The normalized spacial score (nSPS) is 12.8. The zero-order valence-corrected chi connectivity index (χ0v) is 40.1. The Balaban J connectivity index is 0.00000525. The quantitative estimate of drug-likeness (QED) is 0.128. The van der Waals surface area contributed by atoms with E-state index in [9.17, 15) is 0 Å². The summed E-state index contributed by atoms with van der Waals surface area (Å²) < 4.78 is 9.06. The van der Waals surface area contributed by atoms with Crippen LogP contribution < -0.4 is 14.5 Å². The molecule has 328 valence electrons. The molecule has 0 saturated heterocycles. The van der Waals surface area contributed by atoms with Gasteiger partial charge in [0.05, 0.1) is 0 Å². The van der Waals surface area contributed by atoms with Crippen molar-refractivity contribution < 1.29 is 25.8 Å². The number of hydrogen-bond acceptors (Lipinski definition) is 3. The van der Waals surface area contributed by atoms with Gasteiger partial charge >= 0.3 is 21.1 Å². The number of rotatable bonds is 10. The van der Waals surface area contributed by atoms with Crippen molar-refractivity contribution in [1.29, 1.82) is 0 Å². The van der Waals surface area contributed by atoms with Crippen LogP contribution in [0.2, 0.25) is 0 Å². The van der Waals surface area contributed by atoms with E-state index >= 15 is 0 Å². The van der Waals surface area contributed by atoms with Crippen molar-refractivity contribution in [3.63, 3.8) is 0 Å². The number of nitrogens with zero attached hydrogens (tertiary/aromatic N) is 4. The van der Waals surface area contributed by atoms with Gasteiger partial charge in [-0.1, -0.05) is 190 Å². The molecule has 1 aromatic heterocycles. The van der Waals surface area contributed by atoms with Gasteiger partial charge in [-0.2, -0.15) is 12.1 Å². The number of fused-ring (bicyclic) bond motifs is 4. The topological polar surface area (TPSA) is 34.7 Å². The molecular weight excluding hydrogens is 1000 g/mol. The third-order valence-electron chi connectivity index (χ3n) is 12.5. The van der Waals surface area contributed by atoms with Crippen LogP contribution in [0.5, 0.6) is 11.5 Å². The molecule has 0 spiro atoms. The molecule has 0 saturated carbocycles. The average molecular weight is 1050 g/mol. The molecule has 0 N–H and O–H groups in total. The second-order valence-corrected chi connectivity index (χ2v) is 18.0. The zero-order valence-electron chi connectivity index (χ0n) is 37.8. The van der Waals surface area contributed by atoms with Crippen molar-refractivity contribution in [2.24, 2.45) is 0 Å². The van der Waals surface area contributed by atoms with Crippen LogP contribution in [0.4, 0.5) is 28.4 Å². The average Bonchev–Trinajstić information content (AvgIpc) is 3.90. The first-order valence-corrected chi connectivity index (χ1v) is 22.6. The summed E-state index contributed by atoms with van der Waals surface area (Å²) in [4.78, 5) is 4.52. The van der Waals surface area contributed by atoms with Crippen molar-refractivity contribution in [2.45, 2.75) is 39.3 Å². The molecule has 11 rings (SSSR count). The van der Waals surface area contributed by atoms with Crippen molar-refractivity contribution in [3.8, 4) is 33.8 Å². The fourth-order valence-electron chi connectivity index (χ4n) is 9.17. The summed E-state index contributed by atoms with van der Waals surface area (Å²) in [6.45, 7) is 11.0. The predicted octanol–water partition coefficient (Wildman–Crippen LogP) is 16.8. The van der Waals surface area contributed by atoms with Crippen LogP contribution in [0, 0.1) is 25.7 Å². The molecule has 0 aliphatic carbocycles. The number of anilines is 4. The van der Waals surface area contributed by atoms with Crippen LogP contribution in [0.25, 0.3) is 49.4 Å². The molecule has 1 unspecified atom stereocenters. The molecule has 6 heteroatoms. The maximum atomic E-state index is 6.75. The van der Waals surface area contributed by atoms with Gasteiger partial charge in [-0.25, -0.2) is 0 Å². The smallest absolute Gasteiger partial charge is 0.661 e. The minimum atomic E-state index is -0.367. The van der Waals surface area contributed by atoms with Crippen molar-refractivity contribution in [2.75, 3.05) is 9.80 Å². The standard InChI is InChI=1S/C61H48N4O.Pt/c1-42-29-35-47(36-30-42)62-60(45-31-33-46(34-32-45)61(2,3)4)65-55-26-12-11-23-53(55)54-38-37-50(40-58(54)65)66-49-22-15-21-48(39-49)63-41-64(57-28-14-13-27-56(57)63)59-51(43-17-7-5-8-18-43)24-16-25-52(59)44-19-9-6-10-20-44;/h5-38,41,60H,1-4H3;/q-4;+4. The van der Waals surface area contributed by atoms with Crippen LogP contribution >= 0.6 is 0 Å². The SMILES string of the molecule is Cc1ccc([N-]C(c2ccc(C(C)(C)C)cc2)n2c3[c-]c(Oc4[c-]c(N5[CH-]N(c6c(-c7ccccc7)cccc6-c6ccccc6)c6ccccc65)ccc4)ccc3c3ccccc32)cc1.[Pt+4]. The summed E-state index contributed by atoms with van der Waals surface area (Å²) in [6.07, 6.45) is -0.367. The third kappa shape index (κ3) is 8.41. The molecule has 1 atom stereocenters. The van der Waals surface area contributed by atoms with Gasteiger partial charge in [0.25, 0.3) is 0 Å². The molecule has 10 aromatic rings. The minimum Gasteiger partial charge on any atom is -0.661 e. The van der Waals surface area contributed by atoms with E-state index < -0.39 is 0 Å². The van der Waals surface area contributed by atoms with Crippen LogP contribution in [0.15, 0.2) is 206 Å². The number of benzene rings is 9. The monoisotopic (exact) mass is 1050 g/mol. The van der Waals surface area contributed by atoms with Crippen LogP contribution in [0.1, 0.15) is 43.6 Å². The molecule has 1 aliphatic rings. The Bertz CT molecular complexity index is 3280. The molecule has 0 fully saturated rings. The Morgan fingerprint density at radius 3 is 1.81 bits per heavy atom. The van der Waals surface area contributed by atoms with Crippen molar-refractivity contribution >= 4 is 50.2 Å². The maximum Gasteiger partial charge on any atom is 4.00 e. The Morgan fingerprint density at radius 1 is 0.537 bits per heavy atom. The Kier molecular flexibility index (Phi) is 11.8. The van der Waals surface area contributed by atoms with E-state index in [4.69, 9.17) is 10.1 Å². The van der Waals surface area contributed by atoms with E-state index in [2.05, 4.69) is 249 Å². The van der Waals surface area contributed by atoms with Crippen LogP contribution in [-0.4, -0.2) is 4.57 Å². The van der Waals surface area contributed by atoms with Gasteiger partial charge < -0.3 is 24.4 Å². The van der Waals surface area contributed by atoms with Crippen molar-refractivity contribution in [1.82, 2.24) is 4.57 Å². The Labute approximate surface area is 408 Å². The molecule has 0 bridgehead atoms. The van der Waals surface area contributed by atoms with Gasteiger partial charge in [-0.3, -0.25) is 0 Å². The molecule has 2 heterocycles. The maximum absolute atomic E-state index is 6.75. The molecule has 1 aliphatic heterocycles. The second kappa shape index (κ2) is 18.2. The zero-order chi connectivity index (χ0) is 44.8. The minimum absolute atomic E-state index is 0. The number of aryl methyl sites for hydroxylation is 1. The van der Waals surface area contributed by atoms with Crippen LogP contribution in [0.3, 0.4) is 0 Å². The van der Waals surface area contributed by atoms with Gasteiger partial charge in [-0.05, 0) is 64.3 Å². The van der Waals surface area contributed by atoms with E-state index in [1.54, 1.807) is 0 Å². The number of aromatic nitrogens is 1. The first kappa shape index (κ1) is 43.6. The van der Waals surface area contributed by atoms with Gasteiger partial charge in [0.15, 0.2) is 0 Å². The van der Waals surface area contributed by atoms with Crippen LogP contribution in [-0.2, 0) is 26.5 Å². The molecule has 67 heavy (non-hydrogen) atoms. The Morgan fingerprint density at radius 2 is 1.13 bits per heavy atom. The van der Waals surface area contributed by atoms with E-state index in [1.165, 1.54) is 11.1 Å². The van der Waals surface area contributed by atoms with Gasteiger partial charge in [-0.15, -0.1) is 53.8 Å². The first-order chi connectivity index (χ1) is 32.3. The second-order valence-electron chi connectivity index (χ2n) is 18.0. The summed E-state index contributed by atoms with van der Waals surface area (Å²) in [7, 11) is 0. The van der Waals surface area contributed by atoms with Gasteiger partial charge in [0.1, 0.15) is 0 Å². The fourth-order valence-corrected chi connectivity index (χ4v) is 9.17. The molecule has 9 aromatic carbocycles. The van der Waals surface area contributed by atoms with Gasteiger partial charge in [0, 0.05) is 45.2 Å². The summed E-state index contributed by atoms with van der Waals surface area (Å²) >= 11 is 0. The molecule has 5 nitrogen and oxygen atoms in total. The van der Waals surface area contributed by atoms with Gasteiger partial charge in [0.2, 0.25) is 0 Å². The van der Waals surface area contributed by atoms with Crippen molar-refractivity contribution in [3.05, 3.63) is 247 Å². The molecular formula is C61H48N4OPt. The Hall–Kier alpha value is -7.33. The molecule has 0 radical (unpaired) electrons. The summed E-state index contributed by atoms with van der Waals surface area (Å²) in [6, 6.07) is 79.8. The fraction of sp³-hybridized carbons (Fsp3) is 0.0984. The van der Waals surface area contributed by atoms with E-state index in [1.807, 2.05) is 18.2 Å². The molecule has 0 amide bonds. The van der Waals surface area contributed by atoms with E-state index in [0.29, 0.717) is 11.5 Å². The summed E-state index contributed by atoms with van der Waals surface area (Å²) in [5.74, 6) is 1.18. The summed E-state index contributed by atoms with van der Waals surface area (Å²) in [5, 5.41) is 7.67. The first-order valence-electron chi connectivity index (χ1n) is 22.6. The number of hydrogen-bond donors (Lipinski definition) is 0. The third-order valence-corrected chi connectivity index (χ3v) is 12.5. The van der Waals surface area contributed by atoms with E-state index in [0.717, 1.165) is 78.1 Å². The summed E-state index contributed by atoms with van der Waals surface area (Å²) in [5.41, 5.74) is 15.2. The predicted molar refractivity (Wildman–Crippen MR) is 273 cm³/mol. The van der Waals surface area contributed by atoms with E-state index in [-0.39, 0.29) is 32.6 Å².